The van der Waals surface area contributed by atoms with Gasteiger partial charge in [0.1, 0.15) is 23.9 Å². The molecule has 0 spiro atoms. The van der Waals surface area contributed by atoms with E-state index in [1.165, 1.54) is 11.3 Å². The number of carbonyl (C=O) groups excluding carboxylic acids is 1. The summed E-state index contributed by atoms with van der Waals surface area (Å²) in [5.74, 6) is 0.641. The minimum absolute atomic E-state index is 0.115. The first-order chi connectivity index (χ1) is 12.1. The summed E-state index contributed by atoms with van der Waals surface area (Å²) in [5.41, 5.74) is 4.02. The molecule has 1 amide bonds. The zero-order valence-electron chi connectivity index (χ0n) is 13.9. The molecule has 0 atom stereocenters. The van der Waals surface area contributed by atoms with Gasteiger partial charge in [0.25, 0.3) is 0 Å². The number of ether oxygens (including phenoxy) is 1. The summed E-state index contributed by atoms with van der Waals surface area (Å²) in [6, 6.07) is 6.03. The summed E-state index contributed by atoms with van der Waals surface area (Å²) in [6.07, 6.45) is 2.56. The van der Waals surface area contributed by atoms with Crippen LogP contribution in [0.15, 0.2) is 24.4 Å². The molecule has 0 saturated carbocycles. The molecule has 0 fully saturated rings. The van der Waals surface area contributed by atoms with Crippen molar-refractivity contribution in [2.24, 2.45) is 0 Å². The molecule has 7 nitrogen and oxygen atoms in total. The average molecular weight is 355 g/mol. The second-order valence-electron chi connectivity index (χ2n) is 5.87. The zero-order chi connectivity index (χ0) is 17.4. The summed E-state index contributed by atoms with van der Waals surface area (Å²) in [4.78, 5) is 12.4. The Hall–Kier alpha value is -2.74. The van der Waals surface area contributed by atoms with Crippen LogP contribution in [0.3, 0.4) is 0 Å². The Bertz CT molecular complexity index is 946. The van der Waals surface area contributed by atoms with Gasteiger partial charge in [0.15, 0.2) is 0 Å². The normalized spacial score (nSPS) is 12.2. The number of aryl methyl sites for hydroxylation is 2. The molecule has 2 aromatic heterocycles. The molecule has 3 aromatic rings. The van der Waals surface area contributed by atoms with Crippen LogP contribution in [-0.2, 0) is 24.4 Å². The molecular formula is C17H17N5O2S. The summed E-state index contributed by atoms with van der Waals surface area (Å²) < 4.78 is 7.48. The second kappa shape index (κ2) is 6.29. The molecule has 25 heavy (non-hydrogen) atoms. The van der Waals surface area contributed by atoms with Crippen LogP contribution in [0.5, 0.6) is 5.75 Å². The SMILES string of the molecule is CCc1nnc(NC(=O)Cn2ncc3c2-c2cc(C)ccc2OC3)s1. The van der Waals surface area contributed by atoms with Crippen LogP contribution in [-0.4, -0.2) is 25.9 Å². The van der Waals surface area contributed by atoms with Gasteiger partial charge in [0.2, 0.25) is 11.0 Å². The molecule has 4 rings (SSSR count). The topological polar surface area (TPSA) is 81.9 Å². The fraction of sp³-hybridized carbons (Fsp3) is 0.294. The number of aromatic nitrogens is 4. The van der Waals surface area contributed by atoms with Crippen molar-refractivity contribution in [2.45, 2.75) is 33.4 Å². The average Bonchev–Trinajstić information content (AvgIpc) is 3.21. The van der Waals surface area contributed by atoms with Crippen molar-refractivity contribution in [1.29, 1.82) is 0 Å². The summed E-state index contributed by atoms with van der Waals surface area (Å²) in [6.45, 7) is 4.61. The predicted octanol–water partition coefficient (Wildman–Crippen LogP) is 2.80. The minimum atomic E-state index is -0.176. The van der Waals surface area contributed by atoms with Crippen molar-refractivity contribution in [3.8, 4) is 17.0 Å². The number of anilines is 1. The van der Waals surface area contributed by atoms with E-state index in [1.54, 1.807) is 10.9 Å². The first-order valence-corrected chi connectivity index (χ1v) is 8.86. The highest BCUT2D eigenvalue weighted by atomic mass is 32.1. The molecule has 0 aliphatic carbocycles. The molecule has 0 radical (unpaired) electrons. The quantitative estimate of drug-likeness (QED) is 0.778. The van der Waals surface area contributed by atoms with E-state index in [1.807, 2.05) is 26.0 Å². The van der Waals surface area contributed by atoms with Gasteiger partial charge in [-0.25, -0.2) is 0 Å². The maximum atomic E-state index is 12.4. The fourth-order valence-electron chi connectivity index (χ4n) is 2.81. The first-order valence-electron chi connectivity index (χ1n) is 8.04. The second-order valence-corrected chi connectivity index (χ2v) is 6.93. The minimum Gasteiger partial charge on any atom is -0.488 e. The Morgan fingerprint density at radius 1 is 1.40 bits per heavy atom. The Labute approximate surface area is 148 Å². The van der Waals surface area contributed by atoms with E-state index in [0.29, 0.717) is 11.7 Å². The van der Waals surface area contributed by atoms with Crippen LogP contribution >= 0.6 is 11.3 Å². The summed E-state index contributed by atoms with van der Waals surface area (Å²) >= 11 is 1.39. The number of nitrogens with zero attached hydrogens (tertiary/aromatic N) is 4. The Morgan fingerprint density at radius 2 is 2.28 bits per heavy atom. The molecule has 0 unspecified atom stereocenters. The number of benzene rings is 1. The van der Waals surface area contributed by atoms with Crippen molar-refractivity contribution in [3.05, 3.63) is 40.5 Å². The maximum absolute atomic E-state index is 12.4. The first kappa shape index (κ1) is 15.8. The number of fused-ring (bicyclic) bond motifs is 3. The van der Waals surface area contributed by atoms with E-state index in [9.17, 15) is 4.79 Å². The highest BCUT2D eigenvalue weighted by Crippen LogP contribution is 2.37. The maximum Gasteiger partial charge on any atom is 0.247 e. The summed E-state index contributed by atoms with van der Waals surface area (Å²) in [5, 5.41) is 16.6. The monoisotopic (exact) mass is 355 g/mol. The van der Waals surface area contributed by atoms with Crippen molar-refractivity contribution in [3.63, 3.8) is 0 Å². The number of hydrogen-bond acceptors (Lipinski definition) is 6. The van der Waals surface area contributed by atoms with Crippen LogP contribution in [0.1, 0.15) is 23.1 Å². The van der Waals surface area contributed by atoms with Gasteiger partial charge in [0.05, 0.1) is 11.9 Å². The molecule has 128 valence electrons. The molecule has 3 heterocycles. The molecular weight excluding hydrogens is 338 g/mol. The van der Waals surface area contributed by atoms with Gasteiger partial charge < -0.3 is 4.74 Å². The highest BCUT2D eigenvalue weighted by Gasteiger charge is 2.23. The van der Waals surface area contributed by atoms with Crippen LogP contribution in [0.2, 0.25) is 0 Å². The van der Waals surface area contributed by atoms with Gasteiger partial charge >= 0.3 is 0 Å². The molecule has 1 aliphatic heterocycles. The van der Waals surface area contributed by atoms with Gasteiger partial charge in [0, 0.05) is 11.1 Å². The van der Waals surface area contributed by atoms with Gasteiger partial charge in [-0.1, -0.05) is 29.9 Å². The van der Waals surface area contributed by atoms with Crippen molar-refractivity contribution < 1.29 is 9.53 Å². The Morgan fingerprint density at radius 3 is 3.08 bits per heavy atom. The molecule has 0 saturated heterocycles. The lowest BCUT2D eigenvalue weighted by atomic mass is 10.0. The van der Waals surface area contributed by atoms with E-state index < -0.39 is 0 Å². The standard InChI is InChI=1S/C17H17N5O2S/c1-3-15-20-21-17(25-15)19-14(23)8-22-16-11(7-18-22)9-24-13-5-4-10(2)6-12(13)16/h4-7H,3,8-9H2,1-2H3,(H,19,21,23). The van der Waals surface area contributed by atoms with Gasteiger partial charge in [-0.3, -0.25) is 14.8 Å². The Balaban J connectivity index is 1.58. The van der Waals surface area contributed by atoms with E-state index in [4.69, 9.17) is 4.74 Å². The highest BCUT2D eigenvalue weighted by molar-refractivity contribution is 7.15. The van der Waals surface area contributed by atoms with Crippen molar-refractivity contribution in [2.75, 3.05) is 5.32 Å². The third-order valence-electron chi connectivity index (χ3n) is 4.00. The smallest absolute Gasteiger partial charge is 0.247 e. The lowest BCUT2D eigenvalue weighted by Crippen LogP contribution is -2.20. The lowest BCUT2D eigenvalue weighted by molar-refractivity contribution is -0.116. The summed E-state index contributed by atoms with van der Waals surface area (Å²) in [7, 11) is 0. The number of hydrogen-bond donors (Lipinski definition) is 1. The van der Waals surface area contributed by atoms with Crippen molar-refractivity contribution in [1.82, 2.24) is 20.0 Å². The van der Waals surface area contributed by atoms with Crippen LogP contribution in [0.25, 0.3) is 11.3 Å². The largest absolute Gasteiger partial charge is 0.488 e. The van der Waals surface area contributed by atoms with Gasteiger partial charge in [-0.15, -0.1) is 10.2 Å². The lowest BCUT2D eigenvalue weighted by Gasteiger charge is -2.19. The number of nitrogens with one attached hydrogen (secondary N) is 1. The van der Waals surface area contributed by atoms with E-state index in [0.717, 1.165) is 39.6 Å². The van der Waals surface area contributed by atoms with Gasteiger partial charge in [-0.05, 0) is 25.5 Å². The number of rotatable bonds is 4. The van der Waals surface area contributed by atoms with Crippen LogP contribution in [0, 0.1) is 6.92 Å². The number of amides is 1. The zero-order valence-corrected chi connectivity index (χ0v) is 14.8. The predicted molar refractivity (Wildman–Crippen MR) is 94.6 cm³/mol. The van der Waals surface area contributed by atoms with Crippen molar-refractivity contribution >= 4 is 22.4 Å². The van der Waals surface area contributed by atoms with E-state index in [-0.39, 0.29) is 12.5 Å². The molecule has 8 heteroatoms. The van der Waals surface area contributed by atoms with Crippen LogP contribution in [0.4, 0.5) is 5.13 Å². The van der Waals surface area contributed by atoms with E-state index in [2.05, 4.69) is 26.7 Å². The molecule has 1 aliphatic rings. The Kier molecular flexibility index (Phi) is 3.96. The fourth-order valence-corrected chi connectivity index (χ4v) is 3.51. The van der Waals surface area contributed by atoms with Gasteiger partial charge in [-0.2, -0.15) is 5.10 Å². The number of carbonyl (C=O) groups is 1. The molecule has 0 bridgehead atoms. The third kappa shape index (κ3) is 3.00. The molecule has 1 N–H and O–H groups in total. The third-order valence-corrected chi connectivity index (χ3v) is 4.98. The molecule has 1 aromatic carbocycles. The van der Waals surface area contributed by atoms with Crippen LogP contribution < -0.4 is 10.1 Å². The van der Waals surface area contributed by atoms with E-state index >= 15 is 0 Å².